The van der Waals surface area contributed by atoms with Gasteiger partial charge in [-0.25, -0.2) is 0 Å². The standard InChI is InChI=1S/C13H12Br2N2/c1-16-12-6-11(7-2-3-7)17-13-9(12)4-8(14)5-10(13)15/h4-7H,2-3H2,1H3,(H,16,17). The molecule has 2 aromatic rings. The predicted molar refractivity (Wildman–Crippen MR) is 78.7 cm³/mol. The summed E-state index contributed by atoms with van der Waals surface area (Å²) in [4.78, 5) is 4.78. The molecule has 1 aliphatic carbocycles. The number of rotatable bonds is 2. The van der Waals surface area contributed by atoms with Crippen LogP contribution in [0.1, 0.15) is 24.5 Å². The van der Waals surface area contributed by atoms with Gasteiger partial charge in [-0.3, -0.25) is 4.98 Å². The van der Waals surface area contributed by atoms with Gasteiger partial charge in [0.05, 0.1) is 5.52 Å². The van der Waals surface area contributed by atoms with E-state index in [-0.39, 0.29) is 0 Å². The molecule has 1 aliphatic rings. The van der Waals surface area contributed by atoms with Crippen molar-refractivity contribution in [2.24, 2.45) is 0 Å². The molecular formula is C13H12Br2N2. The molecule has 1 saturated carbocycles. The van der Waals surface area contributed by atoms with Crippen LogP contribution >= 0.6 is 31.9 Å². The monoisotopic (exact) mass is 354 g/mol. The molecule has 4 heteroatoms. The Morgan fingerprint density at radius 1 is 1.24 bits per heavy atom. The van der Waals surface area contributed by atoms with Gasteiger partial charge in [-0.15, -0.1) is 0 Å². The number of benzene rings is 1. The van der Waals surface area contributed by atoms with Crippen molar-refractivity contribution in [2.75, 3.05) is 12.4 Å². The van der Waals surface area contributed by atoms with Gasteiger partial charge in [-0.2, -0.15) is 0 Å². The largest absolute Gasteiger partial charge is 0.388 e. The molecule has 0 aliphatic heterocycles. The van der Waals surface area contributed by atoms with E-state index in [0.29, 0.717) is 5.92 Å². The Balaban J connectivity index is 2.31. The van der Waals surface area contributed by atoms with E-state index in [9.17, 15) is 0 Å². The van der Waals surface area contributed by atoms with Crippen LogP contribution in [-0.2, 0) is 0 Å². The summed E-state index contributed by atoms with van der Waals surface area (Å²) in [5.74, 6) is 0.669. The fraction of sp³-hybridized carbons (Fsp3) is 0.308. The van der Waals surface area contributed by atoms with Gasteiger partial charge < -0.3 is 5.32 Å². The number of nitrogens with zero attached hydrogens (tertiary/aromatic N) is 1. The van der Waals surface area contributed by atoms with E-state index >= 15 is 0 Å². The van der Waals surface area contributed by atoms with Crippen LogP contribution in [0.2, 0.25) is 0 Å². The van der Waals surface area contributed by atoms with Gasteiger partial charge >= 0.3 is 0 Å². The Kier molecular flexibility index (Phi) is 2.87. The number of anilines is 1. The first-order valence-corrected chi connectivity index (χ1v) is 7.25. The summed E-state index contributed by atoms with van der Waals surface area (Å²) in [5.41, 5.74) is 3.41. The second-order valence-corrected chi connectivity index (χ2v) is 6.17. The molecule has 0 unspecified atom stereocenters. The average molecular weight is 356 g/mol. The Morgan fingerprint density at radius 2 is 2.00 bits per heavy atom. The number of hydrogen-bond acceptors (Lipinski definition) is 2. The lowest BCUT2D eigenvalue weighted by molar-refractivity contribution is 1.04. The van der Waals surface area contributed by atoms with E-state index < -0.39 is 0 Å². The smallest absolute Gasteiger partial charge is 0.0868 e. The highest BCUT2D eigenvalue weighted by Gasteiger charge is 2.26. The first-order valence-electron chi connectivity index (χ1n) is 5.66. The maximum Gasteiger partial charge on any atom is 0.0868 e. The predicted octanol–water partition coefficient (Wildman–Crippen LogP) is 4.68. The highest BCUT2D eigenvalue weighted by atomic mass is 79.9. The maximum atomic E-state index is 4.78. The first-order chi connectivity index (χ1) is 8.19. The fourth-order valence-electron chi connectivity index (χ4n) is 2.07. The topological polar surface area (TPSA) is 24.9 Å². The van der Waals surface area contributed by atoms with Crippen molar-refractivity contribution in [1.29, 1.82) is 0 Å². The molecule has 0 atom stereocenters. The molecule has 1 fully saturated rings. The molecule has 3 rings (SSSR count). The summed E-state index contributed by atoms with van der Waals surface area (Å²) in [6.07, 6.45) is 2.55. The van der Waals surface area contributed by atoms with Crippen molar-refractivity contribution in [2.45, 2.75) is 18.8 Å². The summed E-state index contributed by atoms with van der Waals surface area (Å²) in [6.45, 7) is 0. The normalized spacial score (nSPS) is 15.2. The van der Waals surface area contributed by atoms with E-state index in [1.165, 1.54) is 18.5 Å². The molecule has 2 nitrogen and oxygen atoms in total. The number of halogens is 2. The third kappa shape index (κ3) is 2.08. The van der Waals surface area contributed by atoms with Crippen molar-refractivity contribution in [3.8, 4) is 0 Å². The van der Waals surface area contributed by atoms with Gasteiger partial charge in [0.25, 0.3) is 0 Å². The Hall–Kier alpha value is -0.610. The molecule has 1 heterocycles. The lowest BCUT2D eigenvalue weighted by atomic mass is 10.1. The summed E-state index contributed by atoms with van der Waals surface area (Å²) >= 11 is 7.12. The Morgan fingerprint density at radius 3 is 2.65 bits per heavy atom. The van der Waals surface area contributed by atoms with Crippen molar-refractivity contribution in [1.82, 2.24) is 4.98 Å². The Bertz CT molecular complexity index is 591. The Labute approximate surface area is 117 Å². The SMILES string of the molecule is CNc1cc(C2CC2)nc2c(Br)cc(Br)cc12. The molecule has 17 heavy (non-hydrogen) atoms. The van der Waals surface area contributed by atoms with Gasteiger partial charge in [-0.1, -0.05) is 15.9 Å². The minimum atomic E-state index is 0.669. The third-order valence-corrected chi connectivity index (χ3v) is 4.18. The number of fused-ring (bicyclic) bond motifs is 1. The first kappa shape index (κ1) is 11.5. The van der Waals surface area contributed by atoms with Gasteiger partial charge in [0, 0.05) is 38.7 Å². The van der Waals surface area contributed by atoms with Crippen molar-refractivity contribution < 1.29 is 0 Å². The number of aromatic nitrogens is 1. The second kappa shape index (κ2) is 4.25. The molecule has 0 amide bonds. The summed E-state index contributed by atoms with van der Waals surface area (Å²) in [7, 11) is 1.96. The van der Waals surface area contributed by atoms with Crippen molar-refractivity contribution in [3.05, 3.63) is 32.8 Å². The van der Waals surface area contributed by atoms with E-state index in [1.54, 1.807) is 0 Å². The van der Waals surface area contributed by atoms with E-state index in [0.717, 1.165) is 25.5 Å². The summed E-state index contributed by atoms with van der Waals surface area (Å²) < 4.78 is 2.11. The number of hydrogen-bond donors (Lipinski definition) is 1. The quantitative estimate of drug-likeness (QED) is 0.845. The van der Waals surface area contributed by atoms with Crippen LogP contribution in [0.25, 0.3) is 10.9 Å². The van der Waals surface area contributed by atoms with Crippen LogP contribution < -0.4 is 5.32 Å². The zero-order valence-corrected chi connectivity index (χ0v) is 12.6. The summed E-state index contributed by atoms with van der Waals surface area (Å²) in [5, 5.41) is 4.42. The summed E-state index contributed by atoms with van der Waals surface area (Å²) in [6, 6.07) is 6.33. The molecule has 0 saturated heterocycles. The van der Waals surface area contributed by atoms with E-state index in [2.05, 4.69) is 49.3 Å². The second-order valence-electron chi connectivity index (χ2n) is 4.40. The van der Waals surface area contributed by atoms with Gasteiger partial charge in [-0.05, 0) is 47.0 Å². The van der Waals surface area contributed by atoms with E-state index in [1.807, 2.05) is 13.1 Å². The maximum absolute atomic E-state index is 4.78. The molecule has 88 valence electrons. The third-order valence-electron chi connectivity index (χ3n) is 3.12. The lowest BCUT2D eigenvalue weighted by Crippen LogP contribution is -1.96. The van der Waals surface area contributed by atoms with Crippen molar-refractivity contribution >= 4 is 48.5 Å². The van der Waals surface area contributed by atoms with Crippen LogP contribution in [-0.4, -0.2) is 12.0 Å². The average Bonchev–Trinajstić information content (AvgIpc) is 3.11. The van der Waals surface area contributed by atoms with Crippen LogP contribution in [0.15, 0.2) is 27.1 Å². The molecule has 0 radical (unpaired) electrons. The fourth-order valence-corrected chi connectivity index (χ4v) is 3.38. The molecular weight excluding hydrogens is 344 g/mol. The van der Waals surface area contributed by atoms with Crippen LogP contribution in [0.3, 0.4) is 0 Å². The molecule has 0 spiro atoms. The highest BCUT2D eigenvalue weighted by Crippen LogP contribution is 2.42. The molecule has 1 N–H and O–H groups in total. The van der Waals surface area contributed by atoms with Crippen LogP contribution in [0, 0.1) is 0 Å². The van der Waals surface area contributed by atoms with Gasteiger partial charge in [0.1, 0.15) is 0 Å². The van der Waals surface area contributed by atoms with E-state index in [4.69, 9.17) is 4.98 Å². The zero-order chi connectivity index (χ0) is 12.0. The van der Waals surface area contributed by atoms with Gasteiger partial charge in [0.2, 0.25) is 0 Å². The molecule has 0 bridgehead atoms. The zero-order valence-electron chi connectivity index (χ0n) is 9.43. The van der Waals surface area contributed by atoms with Gasteiger partial charge in [0.15, 0.2) is 0 Å². The molecule has 1 aromatic carbocycles. The molecule has 1 aromatic heterocycles. The highest BCUT2D eigenvalue weighted by molar-refractivity contribution is 9.11. The van der Waals surface area contributed by atoms with Crippen LogP contribution in [0.4, 0.5) is 5.69 Å². The number of pyridine rings is 1. The van der Waals surface area contributed by atoms with Crippen LogP contribution in [0.5, 0.6) is 0 Å². The number of nitrogens with one attached hydrogen (secondary N) is 1. The minimum Gasteiger partial charge on any atom is -0.388 e. The van der Waals surface area contributed by atoms with Crippen molar-refractivity contribution in [3.63, 3.8) is 0 Å². The lowest BCUT2D eigenvalue weighted by Gasteiger charge is -2.10. The minimum absolute atomic E-state index is 0.669.